The van der Waals surface area contributed by atoms with Gasteiger partial charge in [-0.15, -0.1) is 0 Å². The smallest absolute Gasteiger partial charge is 0.415 e. The summed E-state index contributed by atoms with van der Waals surface area (Å²) in [5, 5.41) is 8.10. The van der Waals surface area contributed by atoms with Crippen LogP contribution in [0.4, 0.5) is 39.3 Å². The van der Waals surface area contributed by atoms with Crippen molar-refractivity contribution in [2.75, 3.05) is 17.2 Å². The molecule has 1 atom stereocenters. The van der Waals surface area contributed by atoms with Gasteiger partial charge in [0.1, 0.15) is 12.4 Å². The zero-order valence-corrected chi connectivity index (χ0v) is 25.4. The summed E-state index contributed by atoms with van der Waals surface area (Å²) in [6.45, 7) is -0.654. The van der Waals surface area contributed by atoms with Crippen LogP contribution in [0.1, 0.15) is 22.8 Å². The molecule has 0 spiro atoms. The van der Waals surface area contributed by atoms with E-state index in [1.54, 1.807) is 35.9 Å². The summed E-state index contributed by atoms with van der Waals surface area (Å²) in [6.07, 6.45) is -7.74. The Balaban J connectivity index is 1.61. The van der Waals surface area contributed by atoms with E-state index in [-0.39, 0.29) is 28.8 Å². The number of carbonyl (C=O) groups excluding carboxylic acids is 2. The van der Waals surface area contributed by atoms with Crippen LogP contribution in [0.25, 0.3) is 11.0 Å². The number of nitrogens with two attached hydrogens (primary N) is 1. The van der Waals surface area contributed by atoms with Crippen LogP contribution in [-0.2, 0) is 18.4 Å². The Bertz CT molecular complexity index is 1700. The molecule has 4 aromatic rings. The minimum atomic E-state index is -4.95. The van der Waals surface area contributed by atoms with Crippen molar-refractivity contribution in [3.05, 3.63) is 75.2 Å². The highest BCUT2D eigenvalue weighted by Crippen LogP contribution is 2.32. The lowest BCUT2D eigenvalue weighted by atomic mass is 10.0. The predicted octanol–water partition coefficient (Wildman–Crippen LogP) is 6.52. The zero-order valence-electron chi connectivity index (χ0n) is 23.0. The molecule has 0 aliphatic carbocycles. The van der Waals surface area contributed by atoms with Gasteiger partial charge in [0.05, 0.1) is 27.3 Å². The van der Waals surface area contributed by atoms with E-state index in [0.717, 1.165) is 4.47 Å². The minimum absolute atomic E-state index is 0.0350. The van der Waals surface area contributed by atoms with Gasteiger partial charge in [0.25, 0.3) is 12.3 Å². The number of benzene rings is 3. The first-order valence-electron chi connectivity index (χ1n) is 12.7. The number of anilines is 3. The fourth-order valence-corrected chi connectivity index (χ4v) is 4.33. The van der Waals surface area contributed by atoms with E-state index in [2.05, 4.69) is 36.9 Å². The van der Waals surface area contributed by atoms with Gasteiger partial charge >= 0.3 is 6.18 Å². The highest BCUT2D eigenvalue weighted by Gasteiger charge is 2.53. The summed E-state index contributed by atoms with van der Waals surface area (Å²) in [6, 6.07) is 14.0. The van der Waals surface area contributed by atoms with Crippen LogP contribution < -0.4 is 26.4 Å². The van der Waals surface area contributed by atoms with Gasteiger partial charge in [-0.05, 0) is 55.0 Å². The molecular formula is C28H25BrClF5N6O3. The summed E-state index contributed by atoms with van der Waals surface area (Å²) in [5.41, 5.74) is 3.95. The van der Waals surface area contributed by atoms with Crippen LogP contribution in [0.2, 0.25) is 5.02 Å². The second-order valence-corrected chi connectivity index (χ2v) is 11.1. The first-order valence-corrected chi connectivity index (χ1v) is 13.9. The molecule has 4 rings (SSSR count). The molecule has 0 bridgehead atoms. The quantitative estimate of drug-likeness (QED) is 0.140. The molecule has 3 aromatic carbocycles. The molecule has 0 radical (unpaired) electrons. The van der Waals surface area contributed by atoms with Gasteiger partial charge in [-0.2, -0.15) is 13.2 Å². The van der Waals surface area contributed by atoms with E-state index in [1.165, 1.54) is 30.3 Å². The van der Waals surface area contributed by atoms with Gasteiger partial charge in [0.2, 0.25) is 11.9 Å². The lowest BCUT2D eigenvalue weighted by Crippen LogP contribution is -2.61. The van der Waals surface area contributed by atoms with E-state index in [9.17, 15) is 31.5 Å². The Morgan fingerprint density at radius 3 is 2.43 bits per heavy atom. The molecule has 0 fully saturated rings. The van der Waals surface area contributed by atoms with E-state index >= 15 is 0 Å². The number of carbonyl (C=O) groups is 2. The largest absolute Gasteiger partial charge is 0.487 e. The SMILES string of the molecule is Cn1c(Nc2cc(CNC(=O)C(C)(N)C(F)(F)F)ccc2Cl)nc2cc(C(=O)Nc3ccc(Br)cc3)c(OCC(F)F)cc21. The van der Waals surface area contributed by atoms with Gasteiger partial charge < -0.3 is 31.0 Å². The molecule has 1 heterocycles. The van der Waals surface area contributed by atoms with E-state index in [1.807, 2.05) is 0 Å². The second-order valence-electron chi connectivity index (χ2n) is 9.82. The molecule has 1 aromatic heterocycles. The fourth-order valence-electron chi connectivity index (χ4n) is 3.91. The molecule has 9 nitrogen and oxygen atoms in total. The van der Waals surface area contributed by atoms with Crippen molar-refractivity contribution in [2.24, 2.45) is 12.8 Å². The molecule has 5 N–H and O–H groups in total. The lowest BCUT2D eigenvalue weighted by Gasteiger charge is -2.26. The Hall–Kier alpha value is -3.95. The summed E-state index contributed by atoms with van der Waals surface area (Å²) >= 11 is 9.65. The number of alkyl halides is 5. The number of ether oxygens (including phenoxy) is 1. The molecule has 2 amide bonds. The molecule has 44 heavy (non-hydrogen) atoms. The van der Waals surface area contributed by atoms with Crippen LogP contribution in [-0.4, -0.2) is 46.1 Å². The van der Waals surface area contributed by atoms with Crippen molar-refractivity contribution in [1.29, 1.82) is 0 Å². The maximum absolute atomic E-state index is 13.1. The molecule has 234 valence electrons. The Morgan fingerprint density at radius 1 is 1.11 bits per heavy atom. The topological polar surface area (TPSA) is 123 Å². The fraction of sp³-hybridized carbons (Fsp3) is 0.250. The number of halogens is 7. The average Bonchev–Trinajstić information content (AvgIpc) is 3.25. The first kappa shape index (κ1) is 33.0. The van der Waals surface area contributed by atoms with Crippen LogP contribution in [0.3, 0.4) is 0 Å². The molecule has 0 aliphatic heterocycles. The third-order valence-electron chi connectivity index (χ3n) is 6.48. The standard InChI is InChI=1S/C28H25BrClF5N6O3/c1-27(36,28(33,34)35)25(43)37-12-14-3-8-18(30)19(9-14)39-26-40-20-10-17(24(42)38-16-6-4-15(29)5-7-16)22(44-13-23(31)32)11-21(20)41(26)2/h3-11,23H,12-13,36H2,1-2H3,(H,37,43)(H,38,42)(H,39,40). The second kappa shape index (κ2) is 13.0. The number of amides is 2. The number of aryl methyl sites for hydroxylation is 1. The normalized spacial score (nSPS) is 13.1. The minimum Gasteiger partial charge on any atom is -0.487 e. The van der Waals surface area contributed by atoms with Gasteiger partial charge in [-0.1, -0.05) is 33.6 Å². The van der Waals surface area contributed by atoms with Gasteiger partial charge in [0.15, 0.2) is 5.54 Å². The van der Waals surface area contributed by atoms with Crippen LogP contribution in [0.5, 0.6) is 5.75 Å². The number of imidazole rings is 1. The van der Waals surface area contributed by atoms with Crippen molar-refractivity contribution in [1.82, 2.24) is 14.9 Å². The van der Waals surface area contributed by atoms with Crippen molar-refractivity contribution in [2.45, 2.75) is 31.6 Å². The number of hydrogen-bond acceptors (Lipinski definition) is 6. The zero-order chi connectivity index (χ0) is 32.4. The van der Waals surface area contributed by atoms with Gasteiger partial charge in [0, 0.05) is 29.8 Å². The van der Waals surface area contributed by atoms with Crippen molar-refractivity contribution in [3.63, 3.8) is 0 Å². The van der Waals surface area contributed by atoms with E-state index in [0.29, 0.717) is 34.9 Å². The number of nitrogens with one attached hydrogen (secondary N) is 3. The molecule has 0 saturated carbocycles. The van der Waals surface area contributed by atoms with Gasteiger partial charge in [-0.25, -0.2) is 13.8 Å². The Labute approximate surface area is 261 Å². The van der Waals surface area contributed by atoms with Crippen molar-refractivity contribution < 1.29 is 36.3 Å². The van der Waals surface area contributed by atoms with Crippen molar-refractivity contribution in [3.8, 4) is 5.75 Å². The lowest BCUT2D eigenvalue weighted by molar-refractivity contribution is -0.187. The molecule has 0 aliphatic rings. The van der Waals surface area contributed by atoms with Crippen LogP contribution in [0.15, 0.2) is 59.1 Å². The number of fused-ring (bicyclic) bond motifs is 1. The Kier molecular flexibility index (Phi) is 9.71. The monoisotopic (exact) mass is 702 g/mol. The molecular weight excluding hydrogens is 679 g/mol. The highest BCUT2D eigenvalue weighted by molar-refractivity contribution is 9.10. The molecule has 16 heteroatoms. The first-order chi connectivity index (χ1) is 20.6. The third-order valence-corrected chi connectivity index (χ3v) is 7.34. The van der Waals surface area contributed by atoms with Gasteiger partial charge in [-0.3, -0.25) is 9.59 Å². The van der Waals surface area contributed by atoms with Crippen molar-refractivity contribution >= 4 is 67.7 Å². The predicted molar refractivity (Wildman–Crippen MR) is 160 cm³/mol. The number of nitrogens with zero attached hydrogens (tertiary/aromatic N) is 2. The molecule has 0 saturated heterocycles. The number of aromatic nitrogens is 2. The highest BCUT2D eigenvalue weighted by atomic mass is 79.9. The maximum atomic E-state index is 13.1. The Morgan fingerprint density at radius 2 is 1.80 bits per heavy atom. The van der Waals surface area contributed by atoms with Crippen LogP contribution >= 0.6 is 27.5 Å². The number of hydrogen-bond donors (Lipinski definition) is 4. The summed E-state index contributed by atoms with van der Waals surface area (Å²) < 4.78 is 72.9. The summed E-state index contributed by atoms with van der Waals surface area (Å²) in [4.78, 5) is 29.7. The molecule has 1 unspecified atom stereocenters. The van der Waals surface area contributed by atoms with E-state index in [4.69, 9.17) is 22.1 Å². The third kappa shape index (κ3) is 7.39. The van der Waals surface area contributed by atoms with E-state index < -0.39 is 36.6 Å². The number of rotatable bonds is 10. The summed E-state index contributed by atoms with van der Waals surface area (Å²) in [7, 11) is 1.62. The maximum Gasteiger partial charge on any atom is 0.415 e. The van der Waals surface area contributed by atoms with Crippen LogP contribution in [0, 0.1) is 0 Å². The average molecular weight is 704 g/mol. The summed E-state index contributed by atoms with van der Waals surface area (Å²) in [5.74, 6) is -1.89.